The fourth-order valence-electron chi connectivity index (χ4n) is 1.11. The van der Waals surface area contributed by atoms with Gasteiger partial charge >= 0.3 is 0 Å². The van der Waals surface area contributed by atoms with Crippen molar-refractivity contribution in [3.05, 3.63) is 38.3 Å². The van der Waals surface area contributed by atoms with Crippen molar-refractivity contribution in [2.45, 2.75) is 12.8 Å². The number of hydrogen-bond acceptors (Lipinski definition) is 3. The van der Waals surface area contributed by atoms with Gasteiger partial charge in [-0.15, -0.1) is 0 Å². The zero-order valence-corrected chi connectivity index (χ0v) is 8.82. The Hall–Kier alpha value is -1.41. The second-order valence-corrected chi connectivity index (χ2v) is 3.60. The summed E-state index contributed by atoms with van der Waals surface area (Å²) in [5.41, 5.74) is 0.661. The van der Waals surface area contributed by atoms with Crippen LogP contribution in [0, 0.1) is 21.4 Å². The molecule has 4 nitrogen and oxygen atoms in total. The van der Waals surface area contributed by atoms with Gasteiger partial charge in [-0.25, -0.2) is 0 Å². The lowest BCUT2D eigenvalue weighted by atomic mass is 10.1. The quantitative estimate of drug-likeness (QED) is 0.616. The molecule has 0 aliphatic rings. The SMILES string of the molecule is N#CCCc1ccc(Br)cc1[N+](=O)[O-]. The third kappa shape index (κ3) is 2.54. The molecule has 0 fully saturated rings. The number of nitrogens with zero attached hydrogens (tertiary/aromatic N) is 2. The maximum absolute atomic E-state index is 10.6. The van der Waals surface area contributed by atoms with Gasteiger partial charge < -0.3 is 0 Å². The highest BCUT2D eigenvalue weighted by Crippen LogP contribution is 2.24. The minimum absolute atomic E-state index is 0.0645. The fourth-order valence-corrected chi connectivity index (χ4v) is 1.46. The maximum Gasteiger partial charge on any atom is 0.273 e. The molecular weight excluding hydrogens is 248 g/mol. The van der Waals surface area contributed by atoms with Crippen LogP contribution in [0.3, 0.4) is 0 Å². The number of hydrogen-bond donors (Lipinski definition) is 0. The smallest absolute Gasteiger partial charge is 0.258 e. The van der Waals surface area contributed by atoms with E-state index in [-0.39, 0.29) is 5.69 Å². The van der Waals surface area contributed by atoms with Gasteiger partial charge in [0.15, 0.2) is 0 Å². The third-order valence-electron chi connectivity index (χ3n) is 1.75. The summed E-state index contributed by atoms with van der Waals surface area (Å²) in [7, 11) is 0. The first-order valence-corrected chi connectivity index (χ1v) is 4.74. The average Bonchev–Trinajstić information content (AvgIpc) is 2.15. The van der Waals surface area contributed by atoms with Crippen molar-refractivity contribution in [2.24, 2.45) is 0 Å². The largest absolute Gasteiger partial charge is 0.273 e. The van der Waals surface area contributed by atoms with Gasteiger partial charge in [0.1, 0.15) is 0 Å². The van der Waals surface area contributed by atoms with Crippen LogP contribution < -0.4 is 0 Å². The Morgan fingerprint density at radius 1 is 1.57 bits per heavy atom. The Labute approximate surface area is 89.4 Å². The first-order chi connectivity index (χ1) is 6.65. The van der Waals surface area contributed by atoms with E-state index in [9.17, 15) is 10.1 Å². The van der Waals surface area contributed by atoms with E-state index in [0.717, 1.165) is 0 Å². The lowest BCUT2D eigenvalue weighted by Gasteiger charge is -2.00. The van der Waals surface area contributed by atoms with Gasteiger partial charge in [0.2, 0.25) is 0 Å². The number of nitro benzene ring substituents is 1. The lowest BCUT2D eigenvalue weighted by molar-refractivity contribution is -0.385. The van der Waals surface area contributed by atoms with E-state index in [0.29, 0.717) is 22.9 Å². The molecule has 0 amide bonds. The van der Waals surface area contributed by atoms with Crippen LogP contribution in [-0.2, 0) is 6.42 Å². The Kier molecular flexibility index (Phi) is 3.60. The van der Waals surface area contributed by atoms with E-state index in [1.807, 2.05) is 6.07 Å². The van der Waals surface area contributed by atoms with Crippen molar-refractivity contribution < 1.29 is 4.92 Å². The number of aryl methyl sites for hydroxylation is 1. The molecule has 0 heterocycles. The van der Waals surface area contributed by atoms with Crippen LogP contribution in [0.25, 0.3) is 0 Å². The van der Waals surface area contributed by atoms with Crippen molar-refractivity contribution in [2.75, 3.05) is 0 Å². The van der Waals surface area contributed by atoms with E-state index in [1.54, 1.807) is 12.1 Å². The summed E-state index contributed by atoms with van der Waals surface area (Å²) >= 11 is 3.16. The van der Waals surface area contributed by atoms with E-state index < -0.39 is 4.92 Å². The molecule has 5 heteroatoms. The van der Waals surface area contributed by atoms with Gasteiger partial charge in [-0.2, -0.15) is 5.26 Å². The Balaban J connectivity index is 3.03. The first-order valence-electron chi connectivity index (χ1n) is 3.95. The summed E-state index contributed by atoms with van der Waals surface area (Å²) in [6, 6.07) is 6.82. The van der Waals surface area contributed by atoms with Crippen LogP contribution >= 0.6 is 15.9 Å². The van der Waals surface area contributed by atoms with Gasteiger partial charge in [-0.05, 0) is 12.5 Å². The predicted molar refractivity (Wildman–Crippen MR) is 54.7 cm³/mol. The summed E-state index contributed by atoms with van der Waals surface area (Å²) in [5.74, 6) is 0. The Morgan fingerprint density at radius 3 is 2.86 bits per heavy atom. The molecule has 1 rings (SSSR count). The standard InChI is InChI=1S/C9H7BrN2O2/c10-8-4-3-7(2-1-5-11)9(6-8)12(13)14/h3-4,6H,1-2H2. The molecule has 0 aliphatic heterocycles. The maximum atomic E-state index is 10.6. The minimum atomic E-state index is -0.433. The van der Waals surface area contributed by atoms with Gasteiger partial charge in [0.25, 0.3) is 5.69 Å². The van der Waals surface area contributed by atoms with Crippen LogP contribution in [0.5, 0.6) is 0 Å². The van der Waals surface area contributed by atoms with Crippen LogP contribution in [0.15, 0.2) is 22.7 Å². The first kappa shape index (κ1) is 10.7. The highest BCUT2D eigenvalue weighted by atomic mass is 79.9. The zero-order chi connectivity index (χ0) is 10.6. The monoisotopic (exact) mass is 254 g/mol. The normalized spacial score (nSPS) is 9.43. The average molecular weight is 255 g/mol. The molecule has 14 heavy (non-hydrogen) atoms. The fraction of sp³-hybridized carbons (Fsp3) is 0.222. The molecule has 1 aromatic rings. The van der Waals surface area contributed by atoms with Gasteiger partial charge in [-0.3, -0.25) is 10.1 Å². The summed E-state index contributed by atoms with van der Waals surface area (Å²) in [6.45, 7) is 0. The number of rotatable bonds is 3. The topological polar surface area (TPSA) is 66.9 Å². The molecule has 0 saturated carbocycles. The van der Waals surface area contributed by atoms with E-state index in [4.69, 9.17) is 5.26 Å². The van der Waals surface area contributed by atoms with Crippen molar-refractivity contribution in [3.8, 4) is 6.07 Å². The Bertz CT molecular complexity index is 398. The number of benzene rings is 1. The lowest BCUT2D eigenvalue weighted by Crippen LogP contribution is -1.95. The number of nitro groups is 1. The molecule has 72 valence electrons. The van der Waals surface area contributed by atoms with Crippen LogP contribution in [0.2, 0.25) is 0 Å². The molecule has 0 spiro atoms. The van der Waals surface area contributed by atoms with Gasteiger partial charge in [0.05, 0.1) is 11.0 Å². The van der Waals surface area contributed by atoms with E-state index >= 15 is 0 Å². The number of halogens is 1. The molecule has 0 radical (unpaired) electrons. The molecule has 0 atom stereocenters. The summed E-state index contributed by atoms with van der Waals surface area (Å²) in [5, 5.41) is 19.0. The predicted octanol–water partition coefficient (Wildman–Crippen LogP) is 2.81. The van der Waals surface area contributed by atoms with E-state index in [2.05, 4.69) is 15.9 Å². The molecule has 0 unspecified atom stereocenters. The molecular formula is C9H7BrN2O2. The molecule has 0 N–H and O–H groups in total. The summed E-state index contributed by atoms with van der Waals surface area (Å²) < 4.78 is 0.671. The number of nitriles is 1. The van der Waals surface area contributed by atoms with E-state index in [1.165, 1.54) is 6.07 Å². The Morgan fingerprint density at radius 2 is 2.29 bits per heavy atom. The van der Waals surface area contributed by atoms with Crippen molar-refractivity contribution in [1.82, 2.24) is 0 Å². The highest BCUT2D eigenvalue weighted by molar-refractivity contribution is 9.10. The van der Waals surface area contributed by atoms with Crippen LogP contribution in [-0.4, -0.2) is 4.92 Å². The highest BCUT2D eigenvalue weighted by Gasteiger charge is 2.13. The molecule has 0 saturated heterocycles. The van der Waals surface area contributed by atoms with Crippen molar-refractivity contribution in [3.63, 3.8) is 0 Å². The van der Waals surface area contributed by atoms with Crippen molar-refractivity contribution in [1.29, 1.82) is 5.26 Å². The van der Waals surface area contributed by atoms with Crippen LogP contribution in [0.4, 0.5) is 5.69 Å². The zero-order valence-electron chi connectivity index (χ0n) is 7.24. The summed E-state index contributed by atoms with van der Waals surface area (Å²) in [6.07, 6.45) is 0.711. The summed E-state index contributed by atoms with van der Waals surface area (Å²) in [4.78, 5) is 10.2. The molecule has 1 aromatic carbocycles. The van der Waals surface area contributed by atoms with Gasteiger partial charge in [-0.1, -0.05) is 22.0 Å². The van der Waals surface area contributed by atoms with Crippen LogP contribution in [0.1, 0.15) is 12.0 Å². The third-order valence-corrected chi connectivity index (χ3v) is 2.24. The second kappa shape index (κ2) is 4.72. The van der Waals surface area contributed by atoms with Gasteiger partial charge in [0, 0.05) is 22.5 Å². The molecule has 0 bridgehead atoms. The minimum Gasteiger partial charge on any atom is -0.258 e. The molecule has 0 aromatic heterocycles. The second-order valence-electron chi connectivity index (χ2n) is 2.69. The van der Waals surface area contributed by atoms with Crippen molar-refractivity contribution >= 4 is 21.6 Å². The molecule has 0 aliphatic carbocycles.